The highest BCUT2D eigenvalue weighted by Crippen LogP contribution is 2.16. The minimum atomic E-state index is -0.605. The number of rotatable bonds is 16. The molecule has 0 spiro atoms. The van der Waals surface area contributed by atoms with E-state index in [0.717, 1.165) is 5.56 Å². The van der Waals surface area contributed by atoms with Gasteiger partial charge in [0.1, 0.15) is 6.61 Å². The molecule has 0 aromatic heterocycles. The summed E-state index contributed by atoms with van der Waals surface area (Å²) < 4.78 is 5.61. The molecule has 0 aliphatic carbocycles. The number of carbonyl (C=O) groups is 3. The van der Waals surface area contributed by atoms with E-state index in [9.17, 15) is 14.4 Å². The van der Waals surface area contributed by atoms with Crippen LogP contribution in [0.15, 0.2) is 55.6 Å². The number of aliphatic hydroxyl groups is 1. The zero-order chi connectivity index (χ0) is 25.5. The molecule has 0 unspecified atom stereocenters. The van der Waals surface area contributed by atoms with Crippen LogP contribution >= 0.6 is 0 Å². The van der Waals surface area contributed by atoms with Crippen LogP contribution in [0, 0.1) is 17.8 Å². The summed E-state index contributed by atoms with van der Waals surface area (Å²) in [7, 11) is 0. The van der Waals surface area contributed by atoms with E-state index in [0.29, 0.717) is 19.3 Å². The van der Waals surface area contributed by atoms with Crippen molar-refractivity contribution in [3.05, 3.63) is 61.2 Å². The van der Waals surface area contributed by atoms with Crippen molar-refractivity contribution >= 4 is 17.8 Å². The van der Waals surface area contributed by atoms with Gasteiger partial charge in [0.2, 0.25) is 11.8 Å². The van der Waals surface area contributed by atoms with Gasteiger partial charge in [-0.2, -0.15) is 0 Å². The number of ether oxygens (including phenoxy) is 1. The van der Waals surface area contributed by atoms with Crippen molar-refractivity contribution in [1.29, 1.82) is 0 Å². The van der Waals surface area contributed by atoms with Crippen molar-refractivity contribution in [1.82, 2.24) is 10.6 Å². The number of aliphatic hydroxyl groups excluding tert-OH is 1. The molecule has 1 aromatic rings. The molecule has 0 saturated carbocycles. The normalized spacial score (nSPS) is 14.4. The topological polar surface area (TPSA) is 105 Å². The maximum Gasteiger partial charge on any atom is 0.309 e. The van der Waals surface area contributed by atoms with E-state index < -0.39 is 12.0 Å². The molecule has 188 valence electrons. The first-order valence-corrected chi connectivity index (χ1v) is 11.8. The van der Waals surface area contributed by atoms with Crippen LogP contribution in [0.3, 0.4) is 0 Å². The SMILES string of the molecule is C=CC[C@@H](CC(=O)N[C@H](C)CO)C(=O)N[C@H](COC(=O)[C@H](CC=C)Cc1ccccc1)C(C)C. The Labute approximate surface area is 203 Å². The van der Waals surface area contributed by atoms with Gasteiger partial charge in [-0.25, -0.2) is 0 Å². The van der Waals surface area contributed by atoms with Crippen LogP contribution in [0.1, 0.15) is 45.6 Å². The fourth-order valence-corrected chi connectivity index (χ4v) is 3.44. The lowest BCUT2D eigenvalue weighted by molar-refractivity contribution is -0.150. The Hall–Kier alpha value is -2.93. The van der Waals surface area contributed by atoms with Crippen LogP contribution in [0.4, 0.5) is 0 Å². The Morgan fingerprint density at radius 3 is 2.18 bits per heavy atom. The molecular weight excluding hydrogens is 432 g/mol. The monoisotopic (exact) mass is 472 g/mol. The Balaban J connectivity index is 2.75. The van der Waals surface area contributed by atoms with Crippen LogP contribution in [0.25, 0.3) is 0 Å². The molecule has 0 heterocycles. The Bertz CT molecular complexity index is 793. The van der Waals surface area contributed by atoms with Crippen molar-refractivity contribution in [3.63, 3.8) is 0 Å². The van der Waals surface area contributed by atoms with Crippen molar-refractivity contribution < 1.29 is 24.2 Å². The van der Waals surface area contributed by atoms with Gasteiger partial charge in [0.05, 0.1) is 24.5 Å². The third-order valence-electron chi connectivity index (χ3n) is 5.58. The van der Waals surface area contributed by atoms with Gasteiger partial charge in [-0.3, -0.25) is 14.4 Å². The lowest BCUT2D eigenvalue weighted by Crippen LogP contribution is -2.46. The number of hydrogen-bond acceptors (Lipinski definition) is 5. The predicted octanol–water partition coefficient (Wildman–Crippen LogP) is 3.18. The number of allylic oxidation sites excluding steroid dienone is 2. The molecular formula is C27H40N2O5. The van der Waals surface area contributed by atoms with E-state index in [1.54, 1.807) is 19.1 Å². The molecule has 7 nitrogen and oxygen atoms in total. The van der Waals surface area contributed by atoms with Crippen molar-refractivity contribution in [2.24, 2.45) is 17.8 Å². The lowest BCUT2D eigenvalue weighted by Gasteiger charge is -2.26. The van der Waals surface area contributed by atoms with Crippen LogP contribution in [0.2, 0.25) is 0 Å². The van der Waals surface area contributed by atoms with E-state index in [2.05, 4.69) is 23.8 Å². The third kappa shape index (κ3) is 10.8. The van der Waals surface area contributed by atoms with Gasteiger partial charge in [0, 0.05) is 12.5 Å². The molecule has 3 N–H and O–H groups in total. The number of carbonyl (C=O) groups excluding carboxylic acids is 3. The summed E-state index contributed by atoms with van der Waals surface area (Å²) in [6, 6.07) is 8.94. The fourth-order valence-electron chi connectivity index (χ4n) is 3.44. The standard InChI is InChI=1S/C27H40N2O5/c1-6-11-22(16-25(31)28-20(5)17-30)26(32)29-24(19(3)4)18-34-27(33)23(12-7-2)15-21-13-9-8-10-14-21/h6-10,13-14,19-20,22-24,30H,1-2,11-12,15-18H2,3-5H3,(H,28,31)(H,29,32)/t20-,22+,23-,24-/m1/s1. The van der Waals surface area contributed by atoms with Crippen LogP contribution in [0.5, 0.6) is 0 Å². The highest BCUT2D eigenvalue weighted by atomic mass is 16.5. The van der Waals surface area contributed by atoms with E-state index in [1.165, 1.54) is 0 Å². The zero-order valence-corrected chi connectivity index (χ0v) is 20.7. The van der Waals surface area contributed by atoms with Gasteiger partial charge < -0.3 is 20.5 Å². The Morgan fingerprint density at radius 2 is 1.62 bits per heavy atom. The van der Waals surface area contributed by atoms with Gasteiger partial charge in [-0.15, -0.1) is 13.2 Å². The molecule has 1 rings (SSSR count). The first kappa shape index (κ1) is 29.1. The number of esters is 1. The lowest BCUT2D eigenvalue weighted by atomic mass is 9.96. The molecule has 0 fully saturated rings. The van der Waals surface area contributed by atoms with E-state index >= 15 is 0 Å². The predicted molar refractivity (Wildman–Crippen MR) is 134 cm³/mol. The Kier molecular flexibility index (Phi) is 13.5. The maximum absolute atomic E-state index is 12.9. The summed E-state index contributed by atoms with van der Waals surface area (Å²) in [5, 5.41) is 14.7. The largest absolute Gasteiger partial charge is 0.463 e. The quantitative estimate of drug-likeness (QED) is 0.253. The molecule has 4 atom stereocenters. The number of amides is 2. The van der Waals surface area contributed by atoms with Crippen molar-refractivity contribution in [2.75, 3.05) is 13.2 Å². The summed E-state index contributed by atoms with van der Waals surface area (Å²) in [6.07, 6.45) is 4.66. The first-order chi connectivity index (χ1) is 16.2. The fraction of sp³-hybridized carbons (Fsp3) is 0.519. The van der Waals surface area contributed by atoms with Crippen LogP contribution < -0.4 is 10.6 Å². The summed E-state index contributed by atoms with van der Waals surface area (Å²) in [4.78, 5) is 37.9. The van der Waals surface area contributed by atoms with Gasteiger partial charge in [0.15, 0.2) is 0 Å². The highest BCUT2D eigenvalue weighted by Gasteiger charge is 2.27. The minimum Gasteiger partial charge on any atom is -0.463 e. The van der Waals surface area contributed by atoms with Crippen LogP contribution in [-0.2, 0) is 25.5 Å². The average Bonchev–Trinajstić information content (AvgIpc) is 2.81. The molecule has 0 saturated heterocycles. The number of hydrogen-bond donors (Lipinski definition) is 3. The molecule has 34 heavy (non-hydrogen) atoms. The van der Waals surface area contributed by atoms with Gasteiger partial charge in [-0.05, 0) is 37.7 Å². The number of benzene rings is 1. The zero-order valence-electron chi connectivity index (χ0n) is 20.7. The number of nitrogens with one attached hydrogen (secondary N) is 2. The van der Waals surface area contributed by atoms with E-state index in [1.807, 2.05) is 44.2 Å². The second-order valence-electron chi connectivity index (χ2n) is 8.98. The molecule has 0 aliphatic heterocycles. The summed E-state index contributed by atoms with van der Waals surface area (Å²) in [5.74, 6) is -1.89. The van der Waals surface area contributed by atoms with Gasteiger partial charge in [-0.1, -0.05) is 56.3 Å². The minimum absolute atomic E-state index is 0.0105. The molecule has 0 bridgehead atoms. The van der Waals surface area contributed by atoms with Gasteiger partial charge in [0.25, 0.3) is 0 Å². The van der Waals surface area contributed by atoms with Crippen molar-refractivity contribution in [2.45, 2.75) is 58.5 Å². The van der Waals surface area contributed by atoms with Gasteiger partial charge >= 0.3 is 5.97 Å². The first-order valence-electron chi connectivity index (χ1n) is 11.8. The van der Waals surface area contributed by atoms with Crippen LogP contribution in [-0.4, -0.2) is 48.2 Å². The molecule has 0 aliphatic rings. The molecule has 2 amide bonds. The summed E-state index contributed by atoms with van der Waals surface area (Å²) >= 11 is 0. The highest BCUT2D eigenvalue weighted by molar-refractivity contribution is 5.86. The smallest absolute Gasteiger partial charge is 0.309 e. The maximum atomic E-state index is 12.9. The van der Waals surface area contributed by atoms with E-state index in [4.69, 9.17) is 9.84 Å². The third-order valence-corrected chi connectivity index (χ3v) is 5.58. The molecule has 1 aromatic carbocycles. The summed E-state index contributed by atoms with van der Waals surface area (Å²) in [5.41, 5.74) is 1.04. The average molecular weight is 473 g/mol. The molecule has 0 radical (unpaired) electrons. The molecule has 7 heteroatoms. The second kappa shape index (κ2) is 15.8. The second-order valence-corrected chi connectivity index (χ2v) is 8.98. The summed E-state index contributed by atoms with van der Waals surface area (Å²) in [6.45, 7) is 12.8. The van der Waals surface area contributed by atoms with Crippen molar-refractivity contribution in [3.8, 4) is 0 Å². The van der Waals surface area contributed by atoms with E-state index in [-0.39, 0.29) is 55.3 Å². The Morgan fingerprint density at radius 1 is 1.00 bits per heavy atom.